The summed E-state index contributed by atoms with van der Waals surface area (Å²) in [6.07, 6.45) is -3.18. The van der Waals surface area contributed by atoms with E-state index in [9.17, 15) is 31.2 Å². The summed E-state index contributed by atoms with van der Waals surface area (Å²) in [7, 11) is -2.78. The molecule has 1 heterocycles. The molecule has 0 atom stereocenters. The number of halogens is 4. The van der Waals surface area contributed by atoms with E-state index in [1.165, 1.54) is 55.1 Å². The van der Waals surface area contributed by atoms with Crippen molar-refractivity contribution in [3.63, 3.8) is 0 Å². The van der Waals surface area contributed by atoms with E-state index in [1.807, 2.05) is 0 Å². The monoisotopic (exact) mass is 535 g/mol. The first-order valence-electron chi connectivity index (χ1n) is 9.64. The van der Waals surface area contributed by atoms with Gasteiger partial charge in [-0.1, -0.05) is 29.8 Å². The van der Waals surface area contributed by atoms with Gasteiger partial charge >= 0.3 is 35.7 Å². The molecule has 0 unspecified atom stereocenters. The molecule has 13 heteroatoms. The number of carbonyl (C=O) groups excluding carboxylic acids is 2. The maximum Gasteiger partial charge on any atom is 1.00 e. The van der Waals surface area contributed by atoms with E-state index in [1.54, 1.807) is 0 Å². The number of sulfonamides is 1. The summed E-state index contributed by atoms with van der Waals surface area (Å²) in [6, 6.07) is 8.57. The minimum absolute atomic E-state index is 0. The minimum atomic E-state index is -4.58. The van der Waals surface area contributed by atoms with Crippen molar-refractivity contribution in [2.75, 3.05) is 5.32 Å². The molecule has 1 aromatic heterocycles. The van der Waals surface area contributed by atoms with Gasteiger partial charge in [-0.25, -0.2) is 8.42 Å². The second-order valence-corrected chi connectivity index (χ2v) is 9.34. The van der Waals surface area contributed by atoms with Crippen LogP contribution in [0, 0.1) is 6.92 Å². The van der Waals surface area contributed by atoms with Gasteiger partial charge in [0.1, 0.15) is 10.0 Å². The SMILES string of the molecule is CC(=O)[N-]S(=O)(=O)c1ccc(NC(=O)c2cn(C)c(-c3ccccc3C(F)(F)F)c2C)cc1Cl.[Na+]. The molecule has 0 bridgehead atoms. The molecular weight excluding hydrogens is 518 g/mol. The number of anilines is 1. The third-order valence-corrected chi connectivity index (χ3v) is 6.72. The summed E-state index contributed by atoms with van der Waals surface area (Å²) < 4.78 is 69.2. The Balaban J connectivity index is 0.00000432. The number of hydrogen-bond acceptors (Lipinski definition) is 4. The molecule has 0 aliphatic rings. The fourth-order valence-corrected chi connectivity index (χ4v) is 4.96. The molecule has 3 aromatic rings. The molecule has 1 N–H and O–H groups in total. The average molecular weight is 536 g/mol. The predicted octanol–water partition coefficient (Wildman–Crippen LogP) is 2.54. The fraction of sp³-hybridized carbons (Fsp3) is 0.182. The van der Waals surface area contributed by atoms with Gasteiger partial charge in [0.15, 0.2) is 0 Å². The van der Waals surface area contributed by atoms with Crippen LogP contribution in [-0.4, -0.2) is 24.8 Å². The topological polar surface area (TPSA) is 99.3 Å². The number of rotatable bonds is 5. The molecule has 0 spiro atoms. The van der Waals surface area contributed by atoms with E-state index >= 15 is 0 Å². The van der Waals surface area contributed by atoms with E-state index in [0.717, 1.165) is 19.1 Å². The van der Waals surface area contributed by atoms with Crippen molar-refractivity contribution in [2.45, 2.75) is 24.9 Å². The number of nitrogens with one attached hydrogen (secondary N) is 1. The number of amides is 2. The van der Waals surface area contributed by atoms with E-state index < -0.39 is 38.5 Å². The van der Waals surface area contributed by atoms with Crippen LogP contribution in [0.5, 0.6) is 0 Å². The van der Waals surface area contributed by atoms with Gasteiger partial charge < -0.3 is 19.4 Å². The molecule has 7 nitrogen and oxygen atoms in total. The molecule has 0 saturated heterocycles. The molecular formula is C22H18ClF3N3NaO4S. The Labute approximate surface area is 227 Å². The number of hydrogen-bond donors (Lipinski definition) is 1. The van der Waals surface area contributed by atoms with E-state index in [2.05, 4.69) is 10.0 Å². The largest absolute Gasteiger partial charge is 1.00 e. The van der Waals surface area contributed by atoms with Gasteiger partial charge in [-0.05, 0) is 43.7 Å². The van der Waals surface area contributed by atoms with Gasteiger partial charge in [0.2, 0.25) is 0 Å². The summed E-state index contributed by atoms with van der Waals surface area (Å²) in [5.41, 5.74) is -0.0940. The fourth-order valence-electron chi connectivity index (χ4n) is 3.51. The van der Waals surface area contributed by atoms with Crippen molar-refractivity contribution < 1.29 is 60.7 Å². The first-order chi connectivity index (χ1) is 15.7. The van der Waals surface area contributed by atoms with Crippen LogP contribution in [0.4, 0.5) is 18.9 Å². The standard InChI is InChI=1S/C22H19ClF3N3O4S.Na/c1-12-16(11-29(3)20(12)15-6-4-5-7-17(15)22(24,25)26)21(31)27-14-8-9-19(18(23)10-14)34(32,33)28-13(2)30;/h4-11H,1-3H3,(H2,27,28,30,31);/q;+1/p-1. The number of carbonyl (C=O) groups is 2. The molecule has 0 aliphatic carbocycles. The number of aromatic nitrogens is 1. The number of benzene rings is 2. The van der Waals surface area contributed by atoms with Crippen molar-refractivity contribution in [2.24, 2.45) is 7.05 Å². The van der Waals surface area contributed by atoms with Gasteiger partial charge in [-0.3, -0.25) is 4.79 Å². The molecule has 3 rings (SSSR count). The van der Waals surface area contributed by atoms with Crippen molar-refractivity contribution in [3.05, 3.63) is 75.1 Å². The van der Waals surface area contributed by atoms with Crippen LogP contribution in [-0.2, 0) is 28.0 Å². The second-order valence-electron chi connectivity index (χ2n) is 7.36. The van der Waals surface area contributed by atoms with Crippen LogP contribution in [0.2, 0.25) is 5.02 Å². The Morgan fingerprint density at radius 2 is 1.74 bits per heavy atom. The predicted molar refractivity (Wildman–Crippen MR) is 121 cm³/mol. The van der Waals surface area contributed by atoms with E-state index in [4.69, 9.17) is 11.6 Å². The van der Waals surface area contributed by atoms with E-state index in [0.29, 0.717) is 5.56 Å². The summed E-state index contributed by atoms with van der Waals surface area (Å²) in [5.74, 6) is -1.56. The van der Waals surface area contributed by atoms with Crippen LogP contribution in [0.3, 0.4) is 0 Å². The van der Waals surface area contributed by atoms with Crippen LogP contribution in [0.25, 0.3) is 16.0 Å². The van der Waals surface area contributed by atoms with Crippen LogP contribution in [0.15, 0.2) is 53.6 Å². The molecule has 180 valence electrons. The number of aryl methyl sites for hydroxylation is 1. The molecule has 0 aliphatic heterocycles. The van der Waals surface area contributed by atoms with Crippen molar-refractivity contribution in [3.8, 4) is 11.3 Å². The second kappa shape index (κ2) is 10.8. The first kappa shape index (κ1) is 28.9. The maximum absolute atomic E-state index is 13.5. The Hall–Kier alpha value is -2.31. The normalized spacial score (nSPS) is 11.5. The van der Waals surface area contributed by atoms with Gasteiger partial charge in [0.25, 0.3) is 5.91 Å². The van der Waals surface area contributed by atoms with Crippen molar-refractivity contribution in [1.29, 1.82) is 0 Å². The third-order valence-electron chi connectivity index (χ3n) is 4.88. The summed E-state index contributed by atoms with van der Waals surface area (Å²) in [6.45, 7) is 2.51. The Morgan fingerprint density at radius 1 is 1.11 bits per heavy atom. The summed E-state index contributed by atoms with van der Waals surface area (Å²) in [5, 5.41) is 2.27. The van der Waals surface area contributed by atoms with Crippen LogP contribution >= 0.6 is 11.6 Å². The van der Waals surface area contributed by atoms with Crippen LogP contribution in [0.1, 0.15) is 28.4 Å². The van der Waals surface area contributed by atoms with Crippen molar-refractivity contribution in [1.82, 2.24) is 4.57 Å². The van der Waals surface area contributed by atoms with Gasteiger partial charge in [0, 0.05) is 24.5 Å². The van der Waals surface area contributed by atoms with Crippen LogP contribution < -0.4 is 34.9 Å². The molecule has 0 radical (unpaired) electrons. The Kier molecular flexibility index (Phi) is 8.88. The summed E-state index contributed by atoms with van der Waals surface area (Å²) >= 11 is 6.02. The summed E-state index contributed by atoms with van der Waals surface area (Å²) in [4.78, 5) is 23.5. The third kappa shape index (κ3) is 6.28. The Bertz CT molecular complexity index is 1410. The molecule has 0 saturated carbocycles. The molecule has 2 aromatic carbocycles. The smallest absolute Gasteiger partial charge is 0.542 e. The minimum Gasteiger partial charge on any atom is -0.542 e. The maximum atomic E-state index is 13.5. The van der Waals surface area contributed by atoms with Crippen molar-refractivity contribution >= 4 is 39.1 Å². The zero-order valence-electron chi connectivity index (χ0n) is 19.1. The molecule has 0 fully saturated rings. The number of nitrogens with zero attached hydrogens (tertiary/aromatic N) is 2. The van der Waals surface area contributed by atoms with Gasteiger partial charge in [0.05, 0.1) is 32.6 Å². The zero-order valence-corrected chi connectivity index (χ0v) is 22.6. The number of alkyl halides is 3. The zero-order chi connectivity index (χ0) is 25.4. The average Bonchev–Trinajstić information content (AvgIpc) is 3.00. The molecule has 2 amide bonds. The molecule has 35 heavy (non-hydrogen) atoms. The van der Waals surface area contributed by atoms with Gasteiger partial charge in [-0.15, -0.1) is 0 Å². The van der Waals surface area contributed by atoms with E-state index in [-0.39, 0.29) is 57.1 Å². The quantitative estimate of drug-likeness (QED) is 0.508. The van der Waals surface area contributed by atoms with Gasteiger partial charge in [-0.2, -0.15) is 13.2 Å². The first-order valence-corrected chi connectivity index (χ1v) is 11.5. The Morgan fingerprint density at radius 3 is 2.31 bits per heavy atom.